The number of rotatable bonds is 0. The molecule has 2 rings (SSSR count). The molecule has 2 N–H and O–H groups in total. The number of amides is 2. The number of hydrogen-bond donors (Lipinski definition) is 2. The van der Waals surface area contributed by atoms with Crippen LogP contribution in [0.3, 0.4) is 0 Å². The summed E-state index contributed by atoms with van der Waals surface area (Å²) in [5.74, 6) is 0.545. The Labute approximate surface area is 69.1 Å². The zero-order valence-corrected chi connectivity index (χ0v) is 6.59. The van der Waals surface area contributed by atoms with Gasteiger partial charge in [-0.3, -0.25) is 10.2 Å². The second-order valence-corrected chi connectivity index (χ2v) is 2.56. The van der Waals surface area contributed by atoms with E-state index in [1.165, 1.54) is 11.2 Å². The molecule has 1 aromatic rings. The first-order valence-electron chi connectivity index (χ1n) is 3.47. The summed E-state index contributed by atoms with van der Waals surface area (Å²) in [4.78, 5) is 19.4. The van der Waals surface area contributed by atoms with Crippen LogP contribution in [0.25, 0.3) is 5.70 Å². The van der Waals surface area contributed by atoms with Crippen LogP contribution in [0.4, 0.5) is 10.6 Å². The Kier molecular flexibility index (Phi) is 1.21. The Morgan fingerprint density at radius 3 is 3.17 bits per heavy atom. The number of imidazole rings is 1. The highest BCUT2D eigenvalue weighted by molar-refractivity contribution is 6.00. The third kappa shape index (κ3) is 0.730. The molecule has 0 unspecified atom stereocenters. The smallest absolute Gasteiger partial charge is 0.327 e. The van der Waals surface area contributed by atoms with Gasteiger partial charge in [-0.05, 0) is 0 Å². The summed E-state index contributed by atoms with van der Waals surface area (Å²) in [6.45, 7) is 3.75. The molecule has 0 spiro atoms. The van der Waals surface area contributed by atoms with Crippen LogP contribution in [0.2, 0.25) is 0 Å². The fraction of sp³-hybridized carbons (Fsp3) is 0.143. The summed E-state index contributed by atoms with van der Waals surface area (Å²) >= 11 is 0. The number of nitrogens with one attached hydrogen (secondary N) is 2. The second kappa shape index (κ2) is 2.10. The molecule has 0 fully saturated rings. The average molecular weight is 164 g/mol. The quantitative estimate of drug-likeness (QED) is 0.597. The first-order chi connectivity index (χ1) is 5.70. The fourth-order valence-electron chi connectivity index (χ4n) is 1.08. The van der Waals surface area contributed by atoms with Gasteiger partial charge in [0.05, 0.1) is 12.0 Å². The Hall–Kier alpha value is -1.78. The topological polar surface area (TPSA) is 61.0 Å². The zero-order chi connectivity index (χ0) is 8.72. The molecule has 12 heavy (non-hydrogen) atoms. The van der Waals surface area contributed by atoms with Crippen LogP contribution in [0.15, 0.2) is 12.9 Å². The van der Waals surface area contributed by atoms with Gasteiger partial charge in [0.2, 0.25) is 0 Å². The van der Waals surface area contributed by atoms with Gasteiger partial charge in [0.25, 0.3) is 0 Å². The minimum atomic E-state index is -0.209. The maximum atomic E-state index is 11.2. The van der Waals surface area contributed by atoms with Gasteiger partial charge in [-0.15, -0.1) is 0 Å². The molecule has 62 valence electrons. The first-order valence-corrected chi connectivity index (χ1v) is 3.47. The maximum absolute atomic E-state index is 11.2. The number of anilines is 1. The highest BCUT2D eigenvalue weighted by atomic mass is 16.2. The Balaban J connectivity index is 2.53. The number of aromatic nitrogens is 2. The third-order valence-corrected chi connectivity index (χ3v) is 1.86. The van der Waals surface area contributed by atoms with Crippen LogP contribution in [-0.4, -0.2) is 27.9 Å². The first kappa shape index (κ1) is 6.90. The van der Waals surface area contributed by atoms with E-state index in [1.54, 1.807) is 7.05 Å². The van der Waals surface area contributed by atoms with Gasteiger partial charge in [0, 0.05) is 7.05 Å². The molecule has 0 aliphatic carbocycles. The van der Waals surface area contributed by atoms with Gasteiger partial charge in [-0.25, -0.2) is 9.78 Å². The summed E-state index contributed by atoms with van der Waals surface area (Å²) in [6, 6.07) is -0.209. The fourth-order valence-corrected chi connectivity index (χ4v) is 1.08. The van der Waals surface area contributed by atoms with E-state index in [9.17, 15) is 4.79 Å². The summed E-state index contributed by atoms with van der Waals surface area (Å²) in [7, 11) is 1.65. The SMILES string of the molecule is C=C1c2[nH]cnc2NC(=O)N1C. The standard InChI is InChI=1S/C7H8N4O/c1-4-5-6(9-3-8-5)10-7(12)11(4)2/h3H,1H2,2H3,(H,8,9)(H,10,12). The molecule has 0 bridgehead atoms. The van der Waals surface area contributed by atoms with Crippen molar-refractivity contribution in [3.8, 4) is 0 Å². The lowest BCUT2D eigenvalue weighted by atomic mass is 10.3. The van der Waals surface area contributed by atoms with E-state index >= 15 is 0 Å². The van der Waals surface area contributed by atoms with Crippen molar-refractivity contribution in [2.75, 3.05) is 12.4 Å². The van der Waals surface area contributed by atoms with Crippen LogP contribution in [0.5, 0.6) is 0 Å². The Morgan fingerprint density at radius 2 is 2.42 bits per heavy atom. The molecule has 1 aliphatic heterocycles. The summed E-state index contributed by atoms with van der Waals surface area (Å²) < 4.78 is 0. The highest BCUT2D eigenvalue weighted by Crippen LogP contribution is 2.25. The molecule has 0 radical (unpaired) electrons. The maximum Gasteiger partial charge on any atom is 0.327 e. The van der Waals surface area contributed by atoms with Gasteiger partial charge in [0.15, 0.2) is 5.82 Å². The van der Waals surface area contributed by atoms with Crippen LogP contribution in [-0.2, 0) is 0 Å². The molecule has 0 saturated carbocycles. The zero-order valence-electron chi connectivity index (χ0n) is 6.59. The van der Waals surface area contributed by atoms with E-state index in [2.05, 4.69) is 21.9 Å². The van der Waals surface area contributed by atoms with E-state index in [0.717, 1.165) is 5.69 Å². The van der Waals surface area contributed by atoms with Crippen molar-refractivity contribution in [2.45, 2.75) is 0 Å². The molecule has 5 heteroatoms. The molecular formula is C7H8N4O. The van der Waals surface area contributed by atoms with E-state index in [0.29, 0.717) is 11.5 Å². The van der Waals surface area contributed by atoms with Crippen molar-refractivity contribution in [3.63, 3.8) is 0 Å². The van der Waals surface area contributed by atoms with Crippen LogP contribution in [0, 0.1) is 0 Å². The number of carbonyl (C=O) groups is 1. The lowest BCUT2D eigenvalue weighted by Gasteiger charge is -2.24. The molecule has 1 aromatic heterocycles. The van der Waals surface area contributed by atoms with E-state index < -0.39 is 0 Å². The van der Waals surface area contributed by atoms with Crippen LogP contribution in [0.1, 0.15) is 5.69 Å². The molecule has 0 saturated heterocycles. The van der Waals surface area contributed by atoms with Gasteiger partial charge in [0.1, 0.15) is 5.69 Å². The van der Waals surface area contributed by atoms with Crippen molar-refractivity contribution in [3.05, 3.63) is 18.6 Å². The predicted octanol–water partition coefficient (Wildman–Crippen LogP) is 0.858. The van der Waals surface area contributed by atoms with Crippen LogP contribution < -0.4 is 5.32 Å². The van der Waals surface area contributed by atoms with Crippen molar-refractivity contribution in [1.82, 2.24) is 14.9 Å². The van der Waals surface area contributed by atoms with Gasteiger partial charge < -0.3 is 4.98 Å². The van der Waals surface area contributed by atoms with E-state index in [-0.39, 0.29) is 6.03 Å². The summed E-state index contributed by atoms with van der Waals surface area (Å²) in [5, 5.41) is 2.60. The number of hydrogen-bond acceptors (Lipinski definition) is 2. The molecule has 1 aliphatic rings. The third-order valence-electron chi connectivity index (χ3n) is 1.86. The number of fused-ring (bicyclic) bond motifs is 1. The van der Waals surface area contributed by atoms with Crippen LogP contribution >= 0.6 is 0 Å². The molecule has 0 aromatic carbocycles. The Bertz CT molecular complexity index is 354. The number of carbonyl (C=O) groups excluding carboxylic acids is 1. The molecule has 2 heterocycles. The number of aromatic amines is 1. The largest absolute Gasteiger partial charge is 0.342 e. The molecular weight excluding hydrogens is 156 g/mol. The molecule has 0 atom stereocenters. The monoisotopic (exact) mass is 164 g/mol. The van der Waals surface area contributed by atoms with E-state index in [1.807, 2.05) is 0 Å². The summed E-state index contributed by atoms with van der Waals surface area (Å²) in [5.41, 5.74) is 1.39. The van der Waals surface area contributed by atoms with Gasteiger partial charge in [-0.1, -0.05) is 6.58 Å². The minimum Gasteiger partial charge on any atom is -0.342 e. The Morgan fingerprint density at radius 1 is 1.67 bits per heavy atom. The number of H-pyrrole nitrogens is 1. The summed E-state index contributed by atoms with van der Waals surface area (Å²) in [6.07, 6.45) is 1.52. The van der Waals surface area contributed by atoms with Crippen molar-refractivity contribution >= 4 is 17.5 Å². The lowest BCUT2D eigenvalue weighted by molar-refractivity contribution is 0.236. The van der Waals surface area contributed by atoms with E-state index in [4.69, 9.17) is 0 Å². The highest BCUT2D eigenvalue weighted by Gasteiger charge is 2.24. The van der Waals surface area contributed by atoms with Crippen molar-refractivity contribution in [2.24, 2.45) is 0 Å². The second-order valence-electron chi connectivity index (χ2n) is 2.56. The normalized spacial score (nSPS) is 15.9. The molecule has 5 nitrogen and oxygen atoms in total. The predicted molar refractivity (Wildman–Crippen MR) is 44.4 cm³/mol. The minimum absolute atomic E-state index is 0.209. The van der Waals surface area contributed by atoms with Crippen molar-refractivity contribution < 1.29 is 4.79 Å². The number of urea groups is 1. The average Bonchev–Trinajstić information content (AvgIpc) is 2.48. The van der Waals surface area contributed by atoms with Gasteiger partial charge in [-0.2, -0.15) is 0 Å². The number of nitrogens with zero attached hydrogens (tertiary/aromatic N) is 2. The van der Waals surface area contributed by atoms with Gasteiger partial charge >= 0.3 is 6.03 Å². The van der Waals surface area contributed by atoms with Crippen molar-refractivity contribution in [1.29, 1.82) is 0 Å². The molecule has 2 amide bonds. The lowest BCUT2D eigenvalue weighted by Crippen LogP contribution is -2.34.